The Morgan fingerprint density at radius 1 is 1.33 bits per heavy atom. The van der Waals surface area contributed by atoms with Crippen molar-refractivity contribution < 1.29 is 5.11 Å². The molecule has 2 aromatic rings. The van der Waals surface area contributed by atoms with Crippen LogP contribution < -0.4 is 10.6 Å². The molecule has 6 heteroatoms. The Hall–Kier alpha value is -2.08. The standard InChI is InChI=1S/C18H27N5O/c1-3-19-18(22-14-7-9-16(24)10-8-14)20-11-15-12-23-13(2)5-4-6-17(23)21-15/h4-6,12,14,16,24H,3,7-11H2,1-2H3,(H2,19,20,22). The van der Waals surface area contributed by atoms with Gasteiger partial charge in [-0.15, -0.1) is 0 Å². The molecule has 2 heterocycles. The number of aliphatic imine (C=N–C) groups is 1. The number of fused-ring (bicyclic) bond motifs is 1. The van der Waals surface area contributed by atoms with Crippen molar-refractivity contribution in [2.75, 3.05) is 6.54 Å². The number of hydrogen-bond donors (Lipinski definition) is 3. The van der Waals surface area contributed by atoms with E-state index in [1.54, 1.807) is 0 Å². The summed E-state index contributed by atoms with van der Waals surface area (Å²) in [6, 6.07) is 6.49. The highest BCUT2D eigenvalue weighted by Gasteiger charge is 2.19. The fourth-order valence-electron chi connectivity index (χ4n) is 3.17. The van der Waals surface area contributed by atoms with Crippen molar-refractivity contribution in [1.29, 1.82) is 0 Å². The molecule has 1 fully saturated rings. The van der Waals surface area contributed by atoms with Crippen LogP contribution in [0.15, 0.2) is 29.4 Å². The number of pyridine rings is 1. The van der Waals surface area contributed by atoms with Crippen molar-refractivity contribution in [2.45, 2.75) is 58.2 Å². The highest BCUT2D eigenvalue weighted by Crippen LogP contribution is 2.18. The molecule has 0 amide bonds. The molecule has 1 aliphatic carbocycles. The maximum Gasteiger partial charge on any atom is 0.191 e. The average Bonchev–Trinajstić information content (AvgIpc) is 2.99. The van der Waals surface area contributed by atoms with Gasteiger partial charge in [0.15, 0.2) is 5.96 Å². The largest absolute Gasteiger partial charge is 0.393 e. The van der Waals surface area contributed by atoms with E-state index in [-0.39, 0.29) is 6.10 Å². The molecule has 0 saturated heterocycles. The molecular weight excluding hydrogens is 302 g/mol. The van der Waals surface area contributed by atoms with Gasteiger partial charge in [-0.1, -0.05) is 6.07 Å². The lowest BCUT2D eigenvalue weighted by molar-refractivity contribution is 0.120. The van der Waals surface area contributed by atoms with E-state index in [1.807, 2.05) is 12.1 Å². The van der Waals surface area contributed by atoms with Crippen molar-refractivity contribution in [3.05, 3.63) is 35.8 Å². The summed E-state index contributed by atoms with van der Waals surface area (Å²) < 4.78 is 2.09. The van der Waals surface area contributed by atoms with E-state index >= 15 is 0 Å². The summed E-state index contributed by atoms with van der Waals surface area (Å²) in [5.74, 6) is 0.827. The van der Waals surface area contributed by atoms with Crippen molar-refractivity contribution in [1.82, 2.24) is 20.0 Å². The summed E-state index contributed by atoms with van der Waals surface area (Å²) >= 11 is 0. The van der Waals surface area contributed by atoms with Crippen molar-refractivity contribution in [3.63, 3.8) is 0 Å². The number of aryl methyl sites for hydroxylation is 1. The first-order valence-corrected chi connectivity index (χ1v) is 8.82. The second kappa shape index (κ2) is 7.66. The van der Waals surface area contributed by atoms with Gasteiger partial charge in [0.25, 0.3) is 0 Å². The van der Waals surface area contributed by atoms with Crippen LogP contribution in [0, 0.1) is 6.92 Å². The number of nitrogens with one attached hydrogen (secondary N) is 2. The normalized spacial score (nSPS) is 21.9. The predicted octanol–water partition coefficient (Wildman–Crippen LogP) is 2.00. The van der Waals surface area contributed by atoms with E-state index in [2.05, 4.69) is 51.1 Å². The van der Waals surface area contributed by atoms with Gasteiger partial charge in [-0.2, -0.15) is 0 Å². The molecular formula is C18H27N5O. The summed E-state index contributed by atoms with van der Waals surface area (Å²) in [6.45, 7) is 5.51. The Kier molecular flexibility index (Phi) is 5.35. The lowest BCUT2D eigenvalue weighted by Crippen LogP contribution is -2.45. The number of aliphatic hydroxyl groups is 1. The molecule has 0 unspecified atom stereocenters. The zero-order valence-electron chi connectivity index (χ0n) is 14.5. The first kappa shape index (κ1) is 16.8. The molecule has 24 heavy (non-hydrogen) atoms. The topological polar surface area (TPSA) is 74.0 Å². The van der Waals surface area contributed by atoms with Crippen LogP contribution in [-0.2, 0) is 6.54 Å². The van der Waals surface area contributed by atoms with E-state index in [1.165, 1.54) is 5.69 Å². The minimum absolute atomic E-state index is 0.135. The lowest BCUT2D eigenvalue weighted by Gasteiger charge is -2.27. The predicted molar refractivity (Wildman–Crippen MR) is 96.1 cm³/mol. The Labute approximate surface area is 143 Å². The maximum atomic E-state index is 9.62. The monoisotopic (exact) mass is 329 g/mol. The van der Waals surface area contributed by atoms with Crippen molar-refractivity contribution in [2.24, 2.45) is 4.99 Å². The van der Waals surface area contributed by atoms with Gasteiger partial charge < -0.3 is 20.1 Å². The summed E-state index contributed by atoms with van der Waals surface area (Å²) in [4.78, 5) is 9.31. The minimum atomic E-state index is -0.135. The third-order valence-corrected chi connectivity index (χ3v) is 4.53. The Bertz CT molecular complexity index is 700. The molecule has 0 atom stereocenters. The fourth-order valence-corrected chi connectivity index (χ4v) is 3.17. The highest BCUT2D eigenvalue weighted by atomic mass is 16.3. The van der Waals surface area contributed by atoms with Crippen LogP contribution in [0.2, 0.25) is 0 Å². The van der Waals surface area contributed by atoms with Gasteiger partial charge in [-0.3, -0.25) is 0 Å². The second-order valence-electron chi connectivity index (χ2n) is 6.47. The number of guanidine groups is 1. The molecule has 0 spiro atoms. The van der Waals surface area contributed by atoms with Gasteiger partial charge >= 0.3 is 0 Å². The highest BCUT2D eigenvalue weighted by molar-refractivity contribution is 5.80. The van der Waals surface area contributed by atoms with Crippen LogP contribution in [0.3, 0.4) is 0 Å². The number of imidazole rings is 1. The van der Waals surface area contributed by atoms with Crippen LogP contribution >= 0.6 is 0 Å². The third-order valence-electron chi connectivity index (χ3n) is 4.53. The van der Waals surface area contributed by atoms with Gasteiger partial charge in [0.1, 0.15) is 5.65 Å². The molecule has 3 rings (SSSR count). The van der Waals surface area contributed by atoms with Crippen molar-refractivity contribution >= 4 is 11.6 Å². The Morgan fingerprint density at radius 3 is 2.83 bits per heavy atom. The van der Waals surface area contributed by atoms with Crippen molar-refractivity contribution in [3.8, 4) is 0 Å². The van der Waals surface area contributed by atoms with Gasteiger partial charge in [0.05, 0.1) is 18.3 Å². The summed E-state index contributed by atoms with van der Waals surface area (Å²) in [6.07, 6.45) is 5.61. The average molecular weight is 329 g/mol. The number of aromatic nitrogens is 2. The fraction of sp³-hybridized carbons (Fsp3) is 0.556. The van der Waals surface area contributed by atoms with Gasteiger partial charge in [0, 0.05) is 24.5 Å². The maximum absolute atomic E-state index is 9.62. The van der Waals surface area contributed by atoms with E-state index in [4.69, 9.17) is 0 Å². The number of hydrogen-bond acceptors (Lipinski definition) is 3. The quantitative estimate of drug-likeness (QED) is 0.592. The van der Waals surface area contributed by atoms with Crippen LogP contribution in [-0.4, -0.2) is 39.1 Å². The van der Waals surface area contributed by atoms with E-state index < -0.39 is 0 Å². The summed E-state index contributed by atoms with van der Waals surface area (Å²) in [7, 11) is 0. The smallest absolute Gasteiger partial charge is 0.191 e. The molecule has 0 bridgehead atoms. The first-order chi connectivity index (χ1) is 11.7. The first-order valence-electron chi connectivity index (χ1n) is 8.82. The molecule has 6 nitrogen and oxygen atoms in total. The van der Waals surface area contributed by atoms with E-state index in [0.717, 1.165) is 49.5 Å². The molecule has 0 radical (unpaired) electrons. The molecule has 0 aromatic carbocycles. The van der Waals surface area contributed by atoms with Crippen LogP contribution in [0.1, 0.15) is 44.0 Å². The molecule has 2 aromatic heterocycles. The van der Waals surface area contributed by atoms with E-state index in [0.29, 0.717) is 12.6 Å². The van der Waals surface area contributed by atoms with Crippen LogP contribution in [0.5, 0.6) is 0 Å². The summed E-state index contributed by atoms with van der Waals surface area (Å²) in [5.41, 5.74) is 3.08. The van der Waals surface area contributed by atoms with Gasteiger partial charge in [-0.25, -0.2) is 9.98 Å². The van der Waals surface area contributed by atoms with Gasteiger partial charge in [-0.05, 0) is 51.7 Å². The van der Waals surface area contributed by atoms with Gasteiger partial charge in [0.2, 0.25) is 0 Å². The molecule has 0 aliphatic heterocycles. The molecule has 3 N–H and O–H groups in total. The zero-order valence-corrected chi connectivity index (χ0v) is 14.5. The Morgan fingerprint density at radius 2 is 2.12 bits per heavy atom. The number of rotatable bonds is 4. The Balaban J connectivity index is 1.67. The SMILES string of the molecule is CCNC(=NCc1cn2c(C)cccc2n1)NC1CCC(O)CC1. The minimum Gasteiger partial charge on any atom is -0.393 e. The van der Waals surface area contributed by atoms with E-state index in [9.17, 15) is 5.11 Å². The lowest BCUT2D eigenvalue weighted by atomic mass is 9.93. The number of nitrogens with zero attached hydrogens (tertiary/aromatic N) is 3. The molecule has 1 aliphatic rings. The third kappa shape index (κ3) is 4.06. The molecule has 130 valence electrons. The summed E-state index contributed by atoms with van der Waals surface area (Å²) in [5, 5.41) is 16.4. The van der Waals surface area contributed by atoms with Crippen LogP contribution in [0.25, 0.3) is 5.65 Å². The second-order valence-corrected chi connectivity index (χ2v) is 6.47. The zero-order chi connectivity index (χ0) is 16.9. The number of aliphatic hydroxyl groups excluding tert-OH is 1. The molecule has 1 saturated carbocycles. The van der Waals surface area contributed by atoms with Crippen LogP contribution in [0.4, 0.5) is 0 Å².